The van der Waals surface area contributed by atoms with Crippen molar-refractivity contribution in [1.82, 2.24) is 9.80 Å². The molecule has 5 heteroatoms. The van der Waals surface area contributed by atoms with Gasteiger partial charge in [0.1, 0.15) is 11.4 Å². The molecule has 158 valence electrons. The van der Waals surface area contributed by atoms with Crippen molar-refractivity contribution in [2.45, 2.75) is 49.9 Å². The van der Waals surface area contributed by atoms with E-state index in [0.717, 1.165) is 56.3 Å². The Morgan fingerprint density at radius 3 is 2.43 bits per heavy atom. The van der Waals surface area contributed by atoms with Crippen molar-refractivity contribution >= 4 is 5.91 Å². The highest BCUT2D eigenvalue weighted by Crippen LogP contribution is 2.46. The molecule has 0 spiro atoms. The molecule has 3 aliphatic rings. The van der Waals surface area contributed by atoms with Crippen LogP contribution in [-0.2, 0) is 16.0 Å². The summed E-state index contributed by atoms with van der Waals surface area (Å²) >= 11 is 0. The van der Waals surface area contributed by atoms with Gasteiger partial charge in [-0.1, -0.05) is 36.4 Å². The average molecular weight is 409 g/mol. The highest BCUT2D eigenvalue weighted by atomic mass is 19.1. The molecule has 2 aromatic carbocycles. The number of amides is 1. The van der Waals surface area contributed by atoms with Crippen LogP contribution in [-0.4, -0.2) is 54.1 Å². The zero-order valence-electron chi connectivity index (χ0n) is 17.5. The van der Waals surface area contributed by atoms with Crippen LogP contribution >= 0.6 is 0 Å². The standard InChI is InChI=1S/C25H29FN2O2/c1-27-15-11-21(12-16-27)30-25(13-14-25)24(29)28-17-10-18-4-2-3-5-22(18)23(28)19-6-8-20(26)9-7-19/h2-9,21,23H,10-17H2,1H3/t23-/m0/s1. The number of rotatable bonds is 4. The maximum atomic E-state index is 13.8. The van der Waals surface area contributed by atoms with Gasteiger partial charge in [0.25, 0.3) is 5.91 Å². The minimum absolute atomic E-state index is 0.102. The average Bonchev–Trinajstić information content (AvgIpc) is 3.55. The molecule has 2 aliphatic heterocycles. The van der Waals surface area contributed by atoms with Crippen LogP contribution in [0.3, 0.4) is 0 Å². The number of hydrogen-bond donors (Lipinski definition) is 0. The van der Waals surface area contributed by atoms with E-state index in [4.69, 9.17) is 4.74 Å². The van der Waals surface area contributed by atoms with E-state index in [-0.39, 0.29) is 23.9 Å². The minimum atomic E-state index is -0.662. The Hall–Kier alpha value is -2.24. The molecule has 0 N–H and O–H groups in total. The zero-order valence-corrected chi connectivity index (χ0v) is 17.5. The normalized spacial score (nSPS) is 23.8. The molecule has 2 aromatic rings. The lowest BCUT2D eigenvalue weighted by Gasteiger charge is -2.40. The quantitative estimate of drug-likeness (QED) is 0.768. The summed E-state index contributed by atoms with van der Waals surface area (Å²) in [6, 6.07) is 14.7. The second-order valence-corrected chi connectivity index (χ2v) is 9.02. The van der Waals surface area contributed by atoms with Crippen molar-refractivity contribution in [3.8, 4) is 0 Å². The van der Waals surface area contributed by atoms with Gasteiger partial charge >= 0.3 is 0 Å². The maximum absolute atomic E-state index is 13.8. The first-order valence-corrected chi connectivity index (χ1v) is 11.1. The number of ether oxygens (including phenoxy) is 1. The Balaban J connectivity index is 1.43. The molecule has 0 unspecified atom stereocenters. The molecule has 5 rings (SSSR count). The summed E-state index contributed by atoms with van der Waals surface area (Å²) in [6.07, 6.45) is 4.56. The van der Waals surface area contributed by atoms with Crippen molar-refractivity contribution in [2.75, 3.05) is 26.7 Å². The summed E-state index contributed by atoms with van der Waals surface area (Å²) in [5, 5.41) is 0. The Labute approximate surface area is 177 Å². The van der Waals surface area contributed by atoms with Crippen molar-refractivity contribution < 1.29 is 13.9 Å². The van der Waals surface area contributed by atoms with Gasteiger partial charge in [0.15, 0.2) is 0 Å². The number of halogens is 1. The van der Waals surface area contributed by atoms with Crippen LogP contribution < -0.4 is 0 Å². The highest BCUT2D eigenvalue weighted by molar-refractivity contribution is 5.89. The second-order valence-electron chi connectivity index (χ2n) is 9.02. The lowest BCUT2D eigenvalue weighted by molar-refractivity contribution is -0.156. The van der Waals surface area contributed by atoms with Crippen LogP contribution in [0.25, 0.3) is 0 Å². The SMILES string of the molecule is CN1CCC(OC2(C(=O)N3CCc4ccccc4[C@@H]3c3ccc(F)cc3)CC2)CC1. The van der Waals surface area contributed by atoms with E-state index in [0.29, 0.717) is 6.54 Å². The zero-order chi connectivity index (χ0) is 20.7. The van der Waals surface area contributed by atoms with Gasteiger partial charge < -0.3 is 14.5 Å². The molecule has 30 heavy (non-hydrogen) atoms. The lowest BCUT2D eigenvalue weighted by Crippen LogP contribution is -2.49. The number of fused-ring (bicyclic) bond motifs is 1. The van der Waals surface area contributed by atoms with E-state index < -0.39 is 5.60 Å². The third kappa shape index (κ3) is 3.65. The van der Waals surface area contributed by atoms with Crippen LogP contribution in [0.2, 0.25) is 0 Å². The van der Waals surface area contributed by atoms with E-state index in [1.54, 1.807) is 12.1 Å². The van der Waals surface area contributed by atoms with Gasteiger partial charge in [-0.05, 0) is 68.0 Å². The fourth-order valence-electron chi connectivity index (χ4n) is 4.97. The molecule has 1 aliphatic carbocycles. The molecule has 0 aromatic heterocycles. The molecule has 2 fully saturated rings. The summed E-state index contributed by atoms with van der Waals surface area (Å²) in [6.45, 7) is 2.70. The summed E-state index contributed by atoms with van der Waals surface area (Å²) in [4.78, 5) is 18.1. The minimum Gasteiger partial charge on any atom is -0.362 e. The van der Waals surface area contributed by atoms with Gasteiger partial charge in [-0.3, -0.25) is 4.79 Å². The smallest absolute Gasteiger partial charge is 0.255 e. The molecule has 1 saturated carbocycles. The summed E-state index contributed by atoms with van der Waals surface area (Å²) < 4.78 is 20.1. The Kier molecular flexibility index (Phi) is 5.11. The third-order valence-corrected chi connectivity index (χ3v) is 6.88. The molecule has 1 saturated heterocycles. The Morgan fingerprint density at radius 2 is 1.73 bits per heavy atom. The van der Waals surface area contributed by atoms with Crippen LogP contribution in [0.1, 0.15) is 48.4 Å². The summed E-state index contributed by atoms with van der Waals surface area (Å²) in [5.74, 6) is -0.157. The maximum Gasteiger partial charge on any atom is 0.255 e. The predicted molar refractivity (Wildman–Crippen MR) is 114 cm³/mol. The molecule has 1 amide bonds. The Morgan fingerprint density at radius 1 is 1.03 bits per heavy atom. The molecular weight excluding hydrogens is 379 g/mol. The largest absolute Gasteiger partial charge is 0.362 e. The van der Waals surface area contributed by atoms with E-state index in [1.165, 1.54) is 17.7 Å². The molecular formula is C25H29FN2O2. The first-order valence-electron chi connectivity index (χ1n) is 11.1. The number of carbonyl (C=O) groups is 1. The number of carbonyl (C=O) groups excluding carboxylic acids is 1. The number of hydrogen-bond acceptors (Lipinski definition) is 3. The van der Waals surface area contributed by atoms with Gasteiger partial charge in [0, 0.05) is 19.6 Å². The second kappa shape index (κ2) is 7.78. The van der Waals surface area contributed by atoms with Gasteiger partial charge in [-0.25, -0.2) is 4.39 Å². The number of nitrogens with zero attached hydrogens (tertiary/aromatic N) is 2. The Bertz CT molecular complexity index is 917. The van der Waals surface area contributed by atoms with Gasteiger partial charge in [-0.2, -0.15) is 0 Å². The molecule has 0 radical (unpaired) electrons. The van der Waals surface area contributed by atoms with Gasteiger partial charge in [-0.15, -0.1) is 0 Å². The summed E-state index contributed by atoms with van der Waals surface area (Å²) in [5.41, 5.74) is 2.69. The van der Waals surface area contributed by atoms with Crippen molar-refractivity contribution in [2.24, 2.45) is 0 Å². The lowest BCUT2D eigenvalue weighted by atomic mass is 9.87. The first kappa shape index (κ1) is 19.7. The van der Waals surface area contributed by atoms with Crippen LogP contribution in [0.15, 0.2) is 48.5 Å². The molecule has 2 heterocycles. The first-order chi connectivity index (χ1) is 14.6. The summed E-state index contributed by atoms with van der Waals surface area (Å²) in [7, 11) is 2.13. The van der Waals surface area contributed by atoms with Gasteiger partial charge in [0.05, 0.1) is 12.1 Å². The fraction of sp³-hybridized carbons (Fsp3) is 0.480. The third-order valence-electron chi connectivity index (χ3n) is 6.88. The fourth-order valence-corrected chi connectivity index (χ4v) is 4.97. The van der Waals surface area contributed by atoms with Crippen molar-refractivity contribution in [3.05, 3.63) is 71.0 Å². The van der Waals surface area contributed by atoms with Gasteiger partial charge in [0.2, 0.25) is 0 Å². The van der Waals surface area contributed by atoms with Crippen LogP contribution in [0, 0.1) is 5.82 Å². The van der Waals surface area contributed by atoms with E-state index in [1.807, 2.05) is 17.0 Å². The van der Waals surface area contributed by atoms with E-state index >= 15 is 0 Å². The topological polar surface area (TPSA) is 32.8 Å². The number of piperidine rings is 1. The molecule has 0 bridgehead atoms. The van der Waals surface area contributed by atoms with Crippen LogP contribution in [0.4, 0.5) is 4.39 Å². The van der Waals surface area contributed by atoms with Crippen molar-refractivity contribution in [1.29, 1.82) is 0 Å². The number of benzene rings is 2. The predicted octanol–water partition coefficient (Wildman–Crippen LogP) is 3.94. The monoisotopic (exact) mass is 408 g/mol. The highest BCUT2D eigenvalue weighted by Gasteiger charge is 2.56. The van der Waals surface area contributed by atoms with Crippen LogP contribution in [0.5, 0.6) is 0 Å². The number of likely N-dealkylation sites (tertiary alicyclic amines) is 1. The molecule has 4 nitrogen and oxygen atoms in total. The molecule has 1 atom stereocenters. The van der Waals surface area contributed by atoms with Crippen molar-refractivity contribution in [3.63, 3.8) is 0 Å². The van der Waals surface area contributed by atoms with E-state index in [2.05, 4.69) is 24.1 Å². The van der Waals surface area contributed by atoms with E-state index in [9.17, 15) is 9.18 Å².